The first-order valence-corrected chi connectivity index (χ1v) is 9.75. The quantitative estimate of drug-likeness (QED) is 0.805. The smallest absolute Gasteiger partial charge is 0.337 e. The van der Waals surface area contributed by atoms with Crippen LogP contribution in [0.2, 0.25) is 0 Å². The highest BCUT2D eigenvalue weighted by Crippen LogP contribution is 2.22. The third-order valence-corrected chi connectivity index (χ3v) is 5.46. The van der Waals surface area contributed by atoms with E-state index in [2.05, 4.69) is 5.32 Å². The van der Waals surface area contributed by atoms with E-state index in [9.17, 15) is 14.4 Å². The molecular weight excluding hydrogens is 368 g/mol. The van der Waals surface area contributed by atoms with Crippen LogP contribution in [0.1, 0.15) is 44.7 Å². The molecule has 0 bridgehead atoms. The van der Waals surface area contributed by atoms with Crippen LogP contribution in [0.15, 0.2) is 42.5 Å². The summed E-state index contributed by atoms with van der Waals surface area (Å²) in [6.45, 7) is 5.12. The van der Waals surface area contributed by atoms with Crippen molar-refractivity contribution in [3.63, 3.8) is 0 Å². The van der Waals surface area contributed by atoms with E-state index in [-0.39, 0.29) is 17.7 Å². The lowest BCUT2D eigenvalue weighted by Gasteiger charge is -2.31. The number of ether oxygens (including phenoxy) is 1. The molecule has 0 atom stereocenters. The van der Waals surface area contributed by atoms with Gasteiger partial charge in [0, 0.05) is 30.3 Å². The number of hydrogen-bond acceptors (Lipinski definition) is 4. The predicted molar refractivity (Wildman–Crippen MR) is 111 cm³/mol. The molecule has 2 amide bonds. The number of carbonyl (C=O) groups excluding carboxylic acids is 3. The lowest BCUT2D eigenvalue weighted by atomic mass is 9.95. The molecule has 0 aromatic heterocycles. The SMILES string of the molecule is COC(=O)c1cccc(NC(=O)C2CCN(C(=O)c3ccc(C)c(C)c3)CC2)c1. The van der Waals surface area contributed by atoms with Crippen molar-refractivity contribution in [3.8, 4) is 0 Å². The molecule has 0 aliphatic carbocycles. The van der Waals surface area contributed by atoms with Gasteiger partial charge in [-0.1, -0.05) is 12.1 Å². The van der Waals surface area contributed by atoms with Crippen LogP contribution in [-0.2, 0) is 9.53 Å². The zero-order chi connectivity index (χ0) is 21.0. The highest BCUT2D eigenvalue weighted by molar-refractivity contribution is 5.96. The summed E-state index contributed by atoms with van der Waals surface area (Å²) < 4.78 is 4.71. The molecule has 1 aliphatic rings. The Morgan fingerprint density at radius 1 is 0.966 bits per heavy atom. The maximum absolute atomic E-state index is 12.7. The summed E-state index contributed by atoms with van der Waals surface area (Å²) in [6.07, 6.45) is 1.22. The molecule has 1 heterocycles. The number of aryl methyl sites for hydroxylation is 2. The molecule has 29 heavy (non-hydrogen) atoms. The Hall–Kier alpha value is -3.15. The summed E-state index contributed by atoms with van der Waals surface area (Å²) in [7, 11) is 1.32. The Labute approximate surface area is 170 Å². The van der Waals surface area contributed by atoms with E-state index in [1.54, 1.807) is 24.3 Å². The average Bonchev–Trinajstić information content (AvgIpc) is 2.74. The molecule has 6 nitrogen and oxygen atoms in total. The minimum atomic E-state index is -0.445. The highest BCUT2D eigenvalue weighted by atomic mass is 16.5. The topological polar surface area (TPSA) is 75.7 Å². The Morgan fingerprint density at radius 2 is 1.69 bits per heavy atom. The van der Waals surface area contributed by atoms with E-state index < -0.39 is 5.97 Å². The molecule has 3 rings (SSSR count). The lowest BCUT2D eigenvalue weighted by molar-refractivity contribution is -0.121. The van der Waals surface area contributed by atoms with Crippen LogP contribution in [0, 0.1) is 19.8 Å². The number of piperidine rings is 1. The number of anilines is 1. The summed E-state index contributed by atoms with van der Waals surface area (Å²) in [6, 6.07) is 12.4. The van der Waals surface area contributed by atoms with Crippen molar-refractivity contribution in [2.75, 3.05) is 25.5 Å². The fourth-order valence-electron chi connectivity index (χ4n) is 3.49. The van der Waals surface area contributed by atoms with E-state index in [0.717, 1.165) is 11.1 Å². The number of nitrogens with one attached hydrogen (secondary N) is 1. The van der Waals surface area contributed by atoms with Crippen molar-refractivity contribution in [3.05, 3.63) is 64.7 Å². The van der Waals surface area contributed by atoms with Crippen LogP contribution in [0.5, 0.6) is 0 Å². The van der Waals surface area contributed by atoms with Crippen LogP contribution < -0.4 is 5.32 Å². The number of hydrogen-bond donors (Lipinski definition) is 1. The van der Waals surface area contributed by atoms with E-state index >= 15 is 0 Å². The molecule has 2 aromatic carbocycles. The van der Waals surface area contributed by atoms with E-state index in [4.69, 9.17) is 4.74 Å². The van der Waals surface area contributed by atoms with Gasteiger partial charge in [-0.15, -0.1) is 0 Å². The van der Waals surface area contributed by atoms with Gasteiger partial charge in [-0.2, -0.15) is 0 Å². The summed E-state index contributed by atoms with van der Waals surface area (Å²) in [5.74, 6) is -0.692. The van der Waals surface area contributed by atoms with Crippen LogP contribution in [0.3, 0.4) is 0 Å². The van der Waals surface area contributed by atoms with Gasteiger partial charge in [-0.3, -0.25) is 9.59 Å². The summed E-state index contributed by atoms with van der Waals surface area (Å²) in [4.78, 5) is 38.8. The zero-order valence-electron chi connectivity index (χ0n) is 17.0. The van der Waals surface area contributed by atoms with Gasteiger partial charge >= 0.3 is 5.97 Å². The number of esters is 1. The van der Waals surface area contributed by atoms with Gasteiger partial charge in [0.15, 0.2) is 0 Å². The highest BCUT2D eigenvalue weighted by Gasteiger charge is 2.28. The fourth-order valence-corrected chi connectivity index (χ4v) is 3.49. The second-order valence-electron chi connectivity index (χ2n) is 7.43. The molecule has 0 radical (unpaired) electrons. The number of methoxy groups -OCH3 is 1. The second kappa shape index (κ2) is 8.90. The van der Waals surface area contributed by atoms with Gasteiger partial charge in [-0.25, -0.2) is 4.79 Å². The van der Waals surface area contributed by atoms with Gasteiger partial charge in [-0.05, 0) is 68.1 Å². The van der Waals surface area contributed by atoms with Crippen LogP contribution >= 0.6 is 0 Å². The van der Waals surface area contributed by atoms with Crippen molar-refractivity contribution >= 4 is 23.5 Å². The van der Waals surface area contributed by atoms with Gasteiger partial charge in [0.2, 0.25) is 5.91 Å². The minimum absolute atomic E-state index is 0.0118. The lowest BCUT2D eigenvalue weighted by Crippen LogP contribution is -2.41. The van der Waals surface area contributed by atoms with Crippen LogP contribution in [-0.4, -0.2) is 42.9 Å². The molecular formula is C23H26N2O4. The molecule has 0 unspecified atom stereocenters. The van der Waals surface area contributed by atoms with Crippen molar-refractivity contribution < 1.29 is 19.1 Å². The van der Waals surface area contributed by atoms with Gasteiger partial charge in [0.1, 0.15) is 0 Å². The predicted octanol–water partition coefficient (Wildman–Crippen LogP) is 3.58. The third kappa shape index (κ3) is 4.83. The number of benzene rings is 2. The molecule has 1 saturated heterocycles. The number of likely N-dealkylation sites (tertiary alicyclic amines) is 1. The van der Waals surface area contributed by atoms with Gasteiger partial charge in [0.05, 0.1) is 12.7 Å². The number of nitrogens with zero attached hydrogens (tertiary/aromatic N) is 1. The van der Waals surface area contributed by atoms with Crippen LogP contribution in [0.4, 0.5) is 5.69 Å². The average molecular weight is 394 g/mol. The summed E-state index contributed by atoms with van der Waals surface area (Å²) >= 11 is 0. The molecule has 6 heteroatoms. The zero-order valence-corrected chi connectivity index (χ0v) is 17.0. The summed E-state index contributed by atoms with van der Waals surface area (Å²) in [5.41, 5.74) is 3.90. The first-order valence-electron chi connectivity index (χ1n) is 9.75. The number of carbonyl (C=O) groups is 3. The maximum Gasteiger partial charge on any atom is 0.337 e. The van der Waals surface area contributed by atoms with Crippen molar-refractivity contribution in [2.45, 2.75) is 26.7 Å². The van der Waals surface area contributed by atoms with Crippen LogP contribution in [0.25, 0.3) is 0 Å². The molecule has 0 saturated carbocycles. The molecule has 152 valence electrons. The number of amides is 2. The monoisotopic (exact) mass is 394 g/mol. The Morgan fingerprint density at radius 3 is 2.34 bits per heavy atom. The molecule has 0 spiro atoms. The van der Waals surface area contributed by atoms with Crippen molar-refractivity contribution in [1.82, 2.24) is 4.90 Å². The van der Waals surface area contributed by atoms with Crippen molar-refractivity contribution in [1.29, 1.82) is 0 Å². The summed E-state index contributed by atoms with van der Waals surface area (Å²) in [5, 5.41) is 2.87. The first kappa shape index (κ1) is 20.6. The minimum Gasteiger partial charge on any atom is -0.465 e. The normalized spacial score (nSPS) is 14.4. The Bertz CT molecular complexity index is 930. The van der Waals surface area contributed by atoms with E-state index in [0.29, 0.717) is 42.7 Å². The second-order valence-corrected chi connectivity index (χ2v) is 7.43. The maximum atomic E-state index is 12.7. The van der Waals surface area contributed by atoms with Gasteiger partial charge in [0.25, 0.3) is 5.91 Å². The Balaban J connectivity index is 1.57. The van der Waals surface area contributed by atoms with Gasteiger partial charge < -0.3 is 15.0 Å². The largest absolute Gasteiger partial charge is 0.465 e. The standard InChI is InChI=1S/C23H26N2O4/c1-15-7-8-18(13-16(15)2)22(27)25-11-9-17(10-12-25)21(26)24-20-6-4-5-19(14-20)23(28)29-3/h4-8,13-14,17H,9-12H2,1-3H3,(H,24,26). The fraction of sp³-hybridized carbons (Fsp3) is 0.348. The molecule has 1 aliphatic heterocycles. The Kier molecular flexibility index (Phi) is 6.32. The molecule has 2 aromatic rings. The molecule has 1 fully saturated rings. The molecule has 1 N–H and O–H groups in total. The van der Waals surface area contributed by atoms with E-state index in [1.807, 2.05) is 36.9 Å². The first-order chi connectivity index (χ1) is 13.9. The van der Waals surface area contributed by atoms with E-state index in [1.165, 1.54) is 7.11 Å². The third-order valence-electron chi connectivity index (χ3n) is 5.46. The van der Waals surface area contributed by atoms with Crippen molar-refractivity contribution in [2.24, 2.45) is 5.92 Å². The number of rotatable bonds is 4.